The first-order chi connectivity index (χ1) is 4.33. The van der Waals surface area contributed by atoms with E-state index in [0.29, 0.717) is 0 Å². The molecule has 1 aromatic heterocycles. The highest BCUT2D eigenvalue weighted by atomic mass is 31.0. The van der Waals surface area contributed by atoms with Crippen molar-refractivity contribution in [1.29, 1.82) is 0 Å². The Hall–Kier alpha value is -0.620. The van der Waals surface area contributed by atoms with Gasteiger partial charge in [-0.2, -0.15) is 0 Å². The van der Waals surface area contributed by atoms with E-state index in [2.05, 4.69) is 19.5 Å². The molecule has 0 radical (unpaired) electrons. The van der Waals surface area contributed by atoms with Gasteiger partial charge in [-0.05, 0) is 17.4 Å². The summed E-state index contributed by atoms with van der Waals surface area (Å²) in [7, 11) is 4.43. The van der Waals surface area contributed by atoms with Crippen LogP contribution in [0.3, 0.4) is 0 Å². The second kappa shape index (κ2) is 2.79. The number of nitrogens with one attached hydrogen (secondary N) is 1. The van der Waals surface area contributed by atoms with Crippen LogP contribution >= 0.6 is 9.24 Å². The number of hydrogen-bond acceptors (Lipinski definition) is 2. The quantitative estimate of drug-likeness (QED) is 0.578. The molecule has 0 aliphatic rings. The topological polar surface area (TPSA) is 24.9 Å². The molecule has 1 aromatic rings. The molecule has 0 fully saturated rings. The van der Waals surface area contributed by atoms with Gasteiger partial charge < -0.3 is 5.32 Å². The molecular formula is C6H9N2P. The zero-order valence-electron chi connectivity index (χ0n) is 5.26. The van der Waals surface area contributed by atoms with Crippen molar-refractivity contribution >= 4 is 20.4 Å². The van der Waals surface area contributed by atoms with Gasteiger partial charge in [-0.1, -0.05) is 0 Å². The number of aromatic nitrogens is 1. The van der Waals surface area contributed by atoms with Crippen LogP contribution in [-0.4, -0.2) is 12.0 Å². The van der Waals surface area contributed by atoms with Crippen molar-refractivity contribution in [1.82, 2.24) is 4.98 Å². The largest absolute Gasteiger partial charge is 0.373 e. The molecule has 1 heterocycles. The fraction of sp³-hybridized carbons (Fsp3) is 0.167. The van der Waals surface area contributed by atoms with E-state index in [9.17, 15) is 0 Å². The summed E-state index contributed by atoms with van der Waals surface area (Å²) in [5.41, 5.74) is 0. The third-order valence-corrected chi connectivity index (χ3v) is 1.38. The minimum Gasteiger partial charge on any atom is -0.373 e. The lowest BCUT2D eigenvalue weighted by Gasteiger charge is -1.96. The molecule has 0 saturated carbocycles. The van der Waals surface area contributed by atoms with Crippen LogP contribution in [0, 0.1) is 0 Å². The van der Waals surface area contributed by atoms with Gasteiger partial charge in [-0.25, -0.2) is 4.98 Å². The second-order valence-electron chi connectivity index (χ2n) is 1.73. The van der Waals surface area contributed by atoms with Gasteiger partial charge >= 0.3 is 0 Å². The Kier molecular flexibility index (Phi) is 2.01. The molecule has 0 aliphatic carbocycles. The molecule has 0 saturated heterocycles. The summed E-state index contributed by atoms with van der Waals surface area (Å²) < 4.78 is 0. The minimum atomic E-state index is 0.904. The third kappa shape index (κ3) is 1.65. The van der Waals surface area contributed by atoms with Crippen LogP contribution in [0.4, 0.5) is 5.82 Å². The van der Waals surface area contributed by atoms with Crippen molar-refractivity contribution in [3.8, 4) is 0 Å². The molecule has 3 heteroatoms. The van der Waals surface area contributed by atoms with Crippen LogP contribution in [0.25, 0.3) is 0 Å². The number of pyridine rings is 1. The molecule has 0 aromatic carbocycles. The number of rotatable bonds is 1. The van der Waals surface area contributed by atoms with Crippen molar-refractivity contribution in [3.05, 3.63) is 18.3 Å². The van der Waals surface area contributed by atoms with E-state index in [4.69, 9.17) is 0 Å². The molecule has 0 amide bonds. The van der Waals surface area contributed by atoms with Gasteiger partial charge in [0, 0.05) is 13.2 Å². The monoisotopic (exact) mass is 140 g/mol. The van der Waals surface area contributed by atoms with Gasteiger partial charge in [0.05, 0.1) is 0 Å². The summed E-state index contributed by atoms with van der Waals surface area (Å²) in [6, 6.07) is 3.92. The Morgan fingerprint density at radius 3 is 2.78 bits per heavy atom. The summed E-state index contributed by atoms with van der Waals surface area (Å²) in [5.74, 6) is 0.904. The van der Waals surface area contributed by atoms with Gasteiger partial charge in [0.2, 0.25) is 0 Å². The van der Waals surface area contributed by atoms with Crippen molar-refractivity contribution in [3.63, 3.8) is 0 Å². The van der Waals surface area contributed by atoms with Crippen molar-refractivity contribution < 1.29 is 0 Å². The lowest BCUT2D eigenvalue weighted by molar-refractivity contribution is 1.30. The Bertz CT molecular complexity index is 183. The van der Waals surface area contributed by atoms with Gasteiger partial charge in [-0.15, -0.1) is 9.24 Å². The zero-order chi connectivity index (χ0) is 6.69. The average Bonchev–Trinajstić information content (AvgIpc) is 1.90. The van der Waals surface area contributed by atoms with Crippen molar-refractivity contribution in [2.45, 2.75) is 0 Å². The van der Waals surface area contributed by atoms with Crippen LogP contribution in [0.1, 0.15) is 0 Å². The highest BCUT2D eigenvalue weighted by Crippen LogP contribution is 1.97. The maximum absolute atomic E-state index is 4.06. The number of anilines is 1. The van der Waals surface area contributed by atoms with Crippen molar-refractivity contribution in [2.24, 2.45) is 0 Å². The first-order valence-corrected chi connectivity index (χ1v) is 3.30. The van der Waals surface area contributed by atoms with Crippen LogP contribution in [0.2, 0.25) is 0 Å². The predicted molar refractivity (Wildman–Crippen MR) is 43.1 cm³/mol. The van der Waals surface area contributed by atoms with E-state index in [0.717, 1.165) is 11.1 Å². The summed E-state index contributed by atoms with van der Waals surface area (Å²) in [4.78, 5) is 4.06. The lowest BCUT2D eigenvalue weighted by atomic mass is 10.5. The Labute approximate surface area is 56.9 Å². The molecule has 0 aliphatic heterocycles. The second-order valence-corrected chi connectivity index (χ2v) is 2.39. The van der Waals surface area contributed by atoms with E-state index in [1.54, 1.807) is 6.20 Å². The molecule has 1 unspecified atom stereocenters. The van der Waals surface area contributed by atoms with Crippen LogP contribution in [0.15, 0.2) is 18.3 Å². The van der Waals surface area contributed by atoms with Gasteiger partial charge in [0.25, 0.3) is 0 Å². The maximum atomic E-state index is 4.06. The van der Waals surface area contributed by atoms with E-state index in [1.807, 2.05) is 19.2 Å². The van der Waals surface area contributed by atoms with Crippen LogP contribution < -0.4 is 10.6 Å². The summed E-state index contributed by atoms with van der Waals surface area (Å²) in [6.07, 6.45) is 1.80. The van der Waals surface area contributed by atoms with Crippen LogP contribution in [0.5, 0.6) is 0 Å². The molecule has 1 atom stereocenters. The molecule has 9 heavy (non-hydrogen) atoms. The first-order valence-electron chi connectivity index (χ1n) is 2.72. The maximum Gasteiger partial charge on any atom is 0.125 e. The Balaban J connectivity index is 2.88. The average molecular weight is 140 g/mol. The van der Waals surface area contributed by atoms with E-state index in [-0.39, 0.29) is 0 Å². The van der Waals surface area contributed by atoms with Crippen molar-refractivity contribution in [2.75, 3.05) is 12.4 Å². The van der Waals surface area contributed by atoms with Gasteiger partial charge in [0.1, 0.15) is 5.82 Å². The number of nitrogens with zero attached hydrogens (tertiary/aromatic N) is 1. The minimum absolute atomic E-state index is 0.904. The van der Waals surface area contributed by atoms with Gasteiger partial charge in [0.15, 0.2) is 0 Å². The lowest BCUT2D eigenvalue weighted by Crippen LogP contribution is -1.96. The molecule has 0 bridgehead atoms. The standard InChI is InChI=1S/C6H9N2P/c1-7-6-3-2-5(9)4-8-6/h2-4H,9H2,1H3,(H,7,8). The smallest absolute Gasteiger partial charge is 0.125 e. The molecule has 2 nitrogen and oxygen atoms in total. The molecule has 0 spiro atoms. The Morgan fingerprint density at radius 2 is 2.33 bits per heavy atom. The molecule has 48 valence electrons. The third-order valence-electron chi connectivity index (χ3n) is 1.04. The summed E-state index contributed by atoms with van der Waals surface area (Å²) in [6.45, 7) is 0. The SMILES string of the molecule is CNc1ccc(P)cn1. The van der Waals surface area contributed by atoms with Gasteiger partial charge in [-0.3, -0.25) is 0 Å². The normalized spacial score (nSPS) is 9.11. The highest BCUT2D eigenvalue weighted by molar-refractivity contribution is 7.27. The molecule has 1 N–H and O–H groups in total. The van der Waals surface area contributed by atoms with E-state index in [1.165, 1.54) is 0 Å². The fourth-order valence-corrected chi connectivity index (χ4v) is 0.724. The Morgan fingerprint density at radius 1 is 1.56 bits per heavy atom. The predicted octanol–water partition coefficient (Wildman–Crippen LogP) is 0.624. The van der Waals surface area contributed by atoms with Crippen LogP contribution in [-0.2, 0) is 0 Å². The fourth-order valence-electron chi connectivity index (χ4n) is 0.553. The highest BCUT2D eigenvalue weighted by Gasteiger charge is 1.85. The molecule has 1 rings (SSSR count). The van der Waals surface area contributed by atoms with E-state index >= 15 is 0 Å². The van der Waals surface area contributed by atoms with E-state index < -0.39 is 0 Å². The summed E-state index contributed by atoms with van der Waals surface area (Å²) >= 11 is 0. The summed E-state index contributed by atoms with van der Waals surface area (Å²) in [5, 5.41) is 4.04. The zero-order valence-corrected chi connectivity index (χ0v) is 6.41. The molecular weight excluding hydrogens is 131 g/mol. The number of hydrogen-bond donors (Lipinski definition) is 1. The first kappa shape index (κ1) is 6.50.